The topological polar surface area (TPSA) is 103 Å². The van der Waals surface area contributed by atoms with Crippen LogP contribution in [-0.2, 0) is 0 Å². The summed E-state index contributed by atoms with van der Waals surface area (Å²) >= 11 is 1.40. The molecule has 2 aromatic carbocycles. The third kappa shape index (κ3) is 3.55. The van der Waals surface area contributed by atoms with E-state index in [0.29, 0.717) is 10.7 Å². The van der Waals surface area contributed by atoms with E-state index in [0.717, 1.165) is 17.3 Å². The maximum absolute atomic E-state index is 11.3. The molecular formula is C16H11N4O3S-. The Bertz CT molecular complexity index is 893. The fourth-order valence-electron chi connectivity index (χ4n) is 1.99. The molecule has 0 bridgehead atoms. The molecule has 1 N–H and O–H groups in total. The van der Waals surface area contributed by atoms with Gasteiger partial charge in [0.05, 0.1) is 16.8 Å². The Morgan fingerprint density at radius 3 is 2.75 bits per heavy atom. The van der Waals surface area contributed by atoms with Crippen LogP contribution in [-0.4, -0.2) is 16.1 Å². The molecule has 0 aliphatic carbocycles. The number of hydrogen-bond donors (Lipinski definition) is 1. The molecule has 0 radical (unpaired) electrons. The van der Waals surface area contributed by atoms with Gasteiger partial charge in [0.25, 0.3) is 5.69 Å². The van der Waals surface area contributed by atoms with Gasteiger partial charge in [-0.3, -0.25) is 15.5 Å². The lowest BCUT2D eigenvalue weighted by Gasteiger charge is -2.05. The van der Waals surface area contributed by atoms with Gasteiger partial charge in [-0.25, -0.2) is 4.98 Å². The average molecular weight is 339 g/mol. The molecule has 0 saturated carbocycles. The number of rotatable bonds is 5. The number of hydrazone groups is 1. The fraction of sp³-hybridized carbons (Fsp3) is 0. The van der Waals surface area contributed by atoms with E-state index in [1.54, 1.807) is 0 Å². The van der Waals surface area contributed by atoms with Crippen LogP contribution in [0.2, 0.25) is 0 Å². The molecule has 24 heavy (non-hydrogen) atoms. The first kappa shape index (κ1) is 15.6. The lowest BCUT2D eigenvalue weighted by molar-refractivity contribution is -0.398. The van der Waals surface area contributed by atoms with Gasteiger partial charge in [-0.05, 0) is 5.75 Å². The molecular weight excluding hydrogens is 328 g/mol. The van der Waals surface area contributed by atoms with E-state index in [-0.39, 0.29) is 0 Å². The number of hydrogen-bond acceptors (Lipinski definition) is 7. The largest absolute Gasteiger partial charge is 0.868 e. The van der Waals surface area contributed by atoms with Crippen LogP contribution in [0.25, 0.3) is 11.3 Å². The van der Waals surface area contributed by atoms with Crippen LogP contribution < -0.4 is 10.5 Å². The molecule has 0 aliphatic heterocycles. The van der Waals surface area contributed by atoms with Gasteiger partial charge in [0.15, 0.2) is 0 Å². The van der Waals surface area contributed by atoms with E-state index in [2.05, 4.69) is 15.5 Å². The number of nitrogens with one attached hydrogen (secondary N) is 1. The van der Waals surface area contributed by atoms with Crippen molar-refractivity contribution < 1.29 is 10.0 Å². The Hall–Kier alpha value is -3.26. The Morgan fingerprint density at radius 1 is 1.21 bits per heavy atom. The highest BCUT2D eigenvalue weighted by Crippen LogP contribution is 2.25. The maximum atomic E-state index is 11.3. The van der Waals surface area contributed by atoms with Gasteiger partial charge in [0, 0.05) is 22.6 Å². The summed E-state index contributed by atoms with van der Waals surface area (Å²) in [6.07, 6.45) is 1.40. The van der Waals surface area contributed by atoms with Crippen LogP contribution in [0.5, 0.6) is 5.75 Å². The molecule has 1 heterocycles. The first-order chi connectivity index (χ1) is 11.6. The van der Waals surface area contributed by atoms with E-state index in [1.165, 1.54) is 29.7 Å². The molecule has 8 heteroatoms. The second kappa shape index (κ2) is 6.88. The molecule has 0 aliphatic rings. The Balaban J connectivity index is 1.70. The molecule has 3 aromatic rings. The molecule has 0 fully saturated rings. The van der Waals surface area contributed by atoms with Crippen LogP contribution >= 0.6 is 11.3 Å². The highest BCUT2D eigenvalue weighted by atomic mass is 32.1. The van der Waals surface area contributed by atoms with Gasteiger partial charge in [-0.1, -0.05) is 42.5 Å². The summed E-state index contributed by atoms with van der Waals surface area (Å²) in [7, 11) is 0. The quantitative estimate of drug-likeness (QED) is 0.436. The van der Waals surface area contributed by atoms with Gasteiger partial charge in [0.1, 0.15) is 0 Å². The summed E-state index contributed by atoms with van der Waals surface area (Å²) in [5.74, 6) is -0.627. The van der Waals surface area contributed by atoms with Crippen molar-refractivity contribution in [2.75, 3.05) is 5.43 Å². The van der Waals surface area contributed by atoms with Crippen LogP contribution in [0.15, 0.2) is 59.0 Å². The molecule has 7 nitrogen and oxygen atoms in total. The predicted octanol–water partition coefficient (Wildman–Crippen LogP) is 3.24. The number of aromatic nitrogens is 1. The summed E-state index contributed by atoms with van der Waals surface area (Å²) in [6.45, 7) is 0. The Labute approximate surface area is 141 Å². The normalized spacial score (nSPS) is 10.8. The summed E-state index contributed by atoms with van der Waals surface area (Å²) in [5.41, 5.74) is 4.60. The number of benzene rings is 2. The maximum Gasteiger partial charge on any atom is 0.262 e. The van der Waals surface area contributed by atoms with Crippen molar-refractivity contribution in [1.82, 2.24) is 4.98 Å². The molecule has 0 amide bonds. The number of nitrogens with zero attached hydrogens (tertiary/aromatic N) is 3. The molecule has 0 unspecified atom stereocenters. The summed E-state index contributed by atoms with van der Waals surface area (Å²) in [4.78, 5) is 14.4. The van der Waals surface area contributed by atoms with Crippen molar-refractivity contribution in [2.45, 2.75) is 0 Å². The minimum Gasteiger partial charge on any atom is -0.868 e. The van der Waals surface area contributed by atoms with Gasteiger partial charge in [0.2, 0.25) is 5.13 Å². The first-order valence-corrected chi connectivity index (χ1v) is 7.77. The van der Waals surface area contributed by atoms with Gasteiger partial charge >= 0.3 is 0 Å². The fourth-order valence-corrected chi connectivity index (χ4v) is 2.65. The lowest BCUT2D eigenvalue weighted by atomic mass is 10.2. The van der Waals surface area contributed by atoms with Gasteiger partial charge < -0.3 is 5.11 Å². The minimum atomic E-state index is -0.708. The van der Waals surface area contributed by atoms with E-state index < -0.39 is 16.4 Å². The van der Waals surface area contributed by atoms with Crippen molar-refractivity contribution in [3.63, 3.8) is 0 Å². The summed E-state index contributed by atoms with van der Waals surface area (Å²) in [6, 6.07) is 13.5. The smallest absolute Gasteiger partial charge is 0.262 e. The number of nitro benzene ring substituents is 1. The second-order valence-corrected chi connectivity index (χ2v) is 5.62. The molecule has 120 valence electrons. The molecule has 0 spiro atoms. The zero-order chi connectivity index (χ0) is 16.9. The van der Waals surface area contributed by atoms with Gasteiger partial charge in [-0.15, -0.1) is 11.3 Å². The number of anilines is 1. The van der Waals surface area contributed by atoms with Crippen LogP contribution in [0.3, 0.4) is 0 Å². The summed E-state index contributed by atoms with van der Waals surface area (Å²) < 4.78 is 0. The van der Waals surface area contributed by atoms with E-state index >= 15 is 0 Å². The zero-order valence-electron chi connectivity index (χ0n) is 12.2. The zero-order valence-corrected chi connectivity index (χ0v) is 13.1. The van der Waals surface area contributed by atoms with E-state index in [4.69, 9.17) is 0 Å². The molecule has 0 saturated heterocycles. The standard InChI is InChI=1S/C16H12N4O3S/c21-15-7-6-11(8-14(15)20(22)23)9-17-19-16-18-13(10-24-16)12-4-2-1-3-5-12/h1-10,21H,(H,18,19)/p-1/b17-9-. The van der Waals surface area contributed by atoms with E-state index in [9.17, 15) is 15.2 Å². The highest BCUT2D eigenvalue weighted by Gasteiger charge is 2.07. The minimum absolute atomic E-state index is 0.452. The van der Waals surface area contributed by atoms with E-state index in [1.807, 2.05) is 35.7 Å². The second-order valence-electron chi connectivity index (χ2n) is 4.76. The number of nitro groups is 1. The molecule has 1 aromatic heterocycles. The van der Waals surface area contributed by atoms with Crippen molar-refractivity contribution >= 4 is 28.4 Å². The monoisotopic (exact) mass is 339 g/mol. The predicted molar refractivity (Wildman–Crippen MR) is 91.3 cm³/mol. The van der Waals surface area contributed by atoms with Gasteiger partial charge in [-0.2, -0.15) is 5.10 Å². The number of thiazole rings is 1. The Morgan fingerprint density at radius 2 is 2.00 bits per heavy atom. The average Bonchev–Trinajstić information content (AvgIpc) is 3.06. The van der Waals surface area contributed by atoms with Crippen molar-refractivity contribution in [1.29, 1.82) is 0 Å². The van der Waals surface area contributed by atoms with Crippen molar-refractivity contribution in [3.05, 3.63) is 69.6 Å². The van der Waals surface area contributed by atoms with Crippen molar-refractivity contribution in [3.8, 4) is 17.0 Å². The highest BCUT2D eigenvalue weighted by molar-refractivity contribution is 7.14. The van der Waals surface area contributed by atoms with Crippen LogP contribution in [0.1, 0.15) is 5.56 Å². The Kier molecular flexibility index (Phi) is 4.48. The van der Waals surface area contributed by atoms with Crippen LogP contribution in [0.4, 0.5) is 10.8 Å². The lowest BCUT2D eigenvalue weighted by Crippen LogP contribution is -1.99. The first-order valence-electron chi connectivity index (χ1n) is 6.89. The third-order valence-electron chi connectivity index (χ3n) is 3.13. The molecule has 3 rings (SSSR count). The third-order valence-corrected chi connectivity index (χ3v) is 3.87. The van der Waals surface area contributed by atoms with Crippen LogP contribution in [0, 0.1) is 10.1 Å². The summed E-state index contributed by atoms with van der Waals surface area (Å²) in [5, 5.41) is 28.6. The van der Waals surface area contributed by atoms with Crippen molar-refractivity contribution in [2.24, 2.45) is 5.10 Å². The SMILES string of the molecule is O=[N+]([O-])c1cc(/C=N\Nc2nc(-c3ccccc3)cs2)ccc1[O-]. The molecule has 0 atom stereocenters.